The third-order valence-electron chi connectivity index (χ3n) is 1.87. The molecule has 1 amide bonds. The van der Waals surface area contributed by atoms with Crippen molar-refractivity contribution in [2.75, 3.05) is 5.32 Å². The Morgan fingerprint density at radius 1 is 1.44 bits per heavy atom. The zero-order valence-electron chi connectivity index (χ0n) is 11.1. The number of rotatable bonds is 4. The average molecular weight is 270 g/mol. The first-order valence-corrected chi connectivity index (χ1v) is 6.68. The van der Waals surface area contributed by atoms with E-state index in [4.69, 9.17) is 4.74 Å². The number of ketones is 1. The van der Waals surface area contributed by atoms with E-state index in [1.54, 1.807) is 26.2 Å². The number of carbonyl (C=O) groups excluding carboxylic acids is 2. The molecule has 18 heavy (non-hydrogen) atoms. The Balaban J connectivity index is 2.59. The highest BCUT2D eigenvalue weighted by Gasteiger charge is 2.18. The molecule has 0 fully saturated rings. The van der Waals surface area contributed by atoms with Crippen molar-refractivity contribution in [1.82, 2.24) is 4.98 Å². The van der Waals surface area contributed by atoms with Crippen molar-refractivity contribution in [3.63, 3.8) is 0 Å². The molecule has 0 aliphatic rings. The molecule has 0 unspecified atom stereocenters. The molecule has 100 valence electrons. The lowest BCUT2D eigenvalue weighted by molar-refractivity contribution is 0.0635. The number of ether oxygens (including phenoxy) is 1. The molecule has 1 N–H and O–H groups in total. The van der Waals surface area contributed by atoms with Crippen LogP contribution in [0.4, 0.5) is 9.93 Å². The molecule has 0 aliphatic carbocycles. The van der Waals surface area contributed by atoms with Gasteiger partial charge in [-0.25, -0.2) is 9.78 Å². The summed E-state index contributed by atoms with van der Waals surface area (Å²) in [5, 5.41) is 4.53. The lowest BCUT2D eigenvalue weighted by Crippen LogP contribution is -2.27. The second kappa shape index (κ2) is 5.95. The largest absolute Gasteiger partial charge is 0.444 e. The van der Waals surface area contributed by atoms with E-state index in [-0.39, 0.29) is 5.78 Å². The van der Waals surface area contributed by atoms with E-state index in [0.717, 1.165) is 6.42 Å². The van der Waals surface area contributed by atoms with Gasteiger partial charge in [0.2, 0.25) is 0 Å². The van der Waals surface area contributed by atoms with Gasteiger partial charge in [0.15, 0.2) is 10.9 Å². The molecule has 0 spiro atoms. The Morgan fingerprint density at radius 3 is 2.67 bits per heavy atom. The molecular weight excluding hydrogens is 252 g/mol. The fourth-order valence-corrected chi connectivity index (χ4v) is 1.91. The number of thiazole rings is 1. The van der Waals surface area contributed by atoms with E-state index in [1.807, 2.05) is 6.92 Å². The van der Waals surface area contributed by atoms with E-state index in [2.05, 4.69) is 10.3 Å². The van der Waals surface area contributed by atoms with Gasteiger partial charge < -0.3 is 4.74 Å². The molecule has 1 aromatic heterocycles. The highest BCUT2D eigenvalue weighted by atomic mass is 32.1. The van der Waals surface area contributed by atoms with E-state index in [1.165, 1.54) is 11.3 Å². The Bertz CT molecular complexity index is 435. The molecule has 0 aliphatic heterocycles. The van der Waals surface area contributed by atoms with Crippen LogP contribution in [0.25, 0.3) is 0 Å². The van der Waals surface area contributed by atoms with Crippen LogP contribution in [0.15, 0.2) is 5.38 Å². The van der Waals surface area contributed by atoms with Crippen molar-refractivity contribution in [2.45, 2.75) is 46.1 Å². The molecule has 0 atom stereocenters. The molecule has 0 radical (unpaired) electrons. The molecule has 0 saturated carbocycles. The monoisotopic (exact) mass is 270 g/mol. The van der Waals surface area contributed by atoms with Gasteiger partial charge in [-0.15, -0.1) is 11.3 Å². The molecule has 0 saturated heterocycles. The van der Waals surface area contributed by atoms with Gasteiger partial charge in [-0.2, -0.15) is 0 Å². The Labute approximate surface area is 111 Å². The zero-order valence-corrected chi connectivity index (χ0v) is 11.9. The van der Waals surface area contributed by atoms with Crippen LogP contribution in [0.2, 0.25) is 0 Å². The normalized spacial score (nSPS) is 11.1. The fraction of sp³-hybridized carbons (Fsp3) is 0.583. The first-order chi connectivity index (χ1) is 8.31. The zero-order chi connectivity index (χ0) is 13.8. The number of hydrogen-bond acceptors (Lipinski definition) is 5. The number of nitrogens with zero attached hydrogens (tertiary/aromatic N) is 1. The number of hydrogen-bond donors (Lipinski definition) is 1. The number of Topliss-reactive ketones (excluding diaryl/α,β-unsaturated/α-hetero) is 1. The van der Waals surface area contributed by atoms with Crippen molar-refractivity contribution in [3.05, 3.63) is 11.1 Å². The second-order valence-corrected chi connectivity index (χ2v) is 5.70. The lowest BCUT2D eigenvalue weighted by atomic mass is 10.2. The summed E-state index contributed by atoms with van der Waals surface area (Å²) >= 11 is 1.21. The highest BCUT2D eigenvalue weighted by Crippen LogP contribution is 2.18. The summed E-state index contributed by atoms with van der Waals surface area (Å²) in [6, 6.07) is 0. The number of nitrogens with one attached hydrogen (secondary N) is 1. The van der Waals surface area contributed by atoms with Gasteiger partial charge >= 0.3 is 6.09 Å². The maximum Gasteiger partial charge on any atom is 0.413 e. The summed E-state index contributed by atoms with van der Waals surface area (Å²) in [5.41, 5.74) is -0.157. The van der Waals surface area contributed by atoms with E-state index in [0.29, 0.717) is 17.2 Å². The molecule has 0 aromatic carbocycles. The van der Waals surface area contributed by atoms with Crippen LogP contribution in [-0.2, 0) is 4.74 Å². The van der Waals surface area contributed by atoms with Crippen LogP contribution >= 0.6 is 11.3 Å². The van der Waals surface area contributed by atoms with Crippen molar-refractivity contribution in [1.29, 1.82) is 0 Å². The number of amides is 1. The molecule has 1 aromatic rings. The SMILES string of the molecule is CCCC(=O)c1csc(NC(=O)OC(C)(C)C)n1. The van der Waals surface area contributed by atoms with E-state index in [9.17, 15) is 9.59 Å². The quantitative estimate of drug-likeness (QED) is 0.850. The molecule has 1 rings (SSSR count). The van der Waals surface area contributed by atoms with Crippen LogP contribution in [0.5, 0.6) is 0 Å². The first-order valence-electron chi connectivity index (χ1n) is 5.80. The van der Waals surface area contributed by atoms with Crippen LogP contribution in [0.1, 0.15) is 51.0 Å². The van der Waals surface area contributed by atoms with Crippen molar-refractivity contribution >= 4 is 28.3 Å². The van der Waals surface area contributed by atoms with Crippen LogP contribution in [0, 0.1) is 0 Å². The molecule has 0 bridgehead atoms. The third-order valence-corrected chi connectivity index (χ3v) is 2.63. The van der Waals surface area contributed by atoms with Gasteiger partial charge in [0, 0.05) is 11.8 Å². The summed E-state index contributed by atoms with van der Waals surface area (Å²) < 4.78 is 5.09. The minimum absolute atomic E-state index is 0.00834. The molecule has 6 heteroatoms. The van der Waals surface area contributed by atoms with E-state index >= 15 is 0 Å². The number of carbonyl (C=O) groups is 2. The van der Waals surface area contributed by atoms with Gasteiger partial charge in [0.05, 0.1) is 0 Å². The molecule has 1 heterocycles. The van der Waals surface area contributed by atoms with Crippen molar-refractivity contribution in [2.24, 2.45) is 0 Å². The summed E-state index contributed by atoms with van der Waals surface area (Å²) in [5.74, 6) is -0.00834. The Morgan fingerprint density at radius 2 is 2.11 bits per heavy atom. The van der Waals surface area contributed by atoms with Crippen molar-refractivity contribution < 1.29 is 14.3 Å². The standard InChI is InChI=1S/C12H18N2O3S/c1-5-6-9(15)8-7-18-10(13-8)14-11(16)17-12(2,3)4/h7H,5-6H2,1-4H3,(H,13,14,16). The van der Waals surface area contributed by atoms with Gasteiger partial charge in [0.25, 0.3) is 0 Å². The minimum atomic E-state index is -0.564. The van der Waals surface area contributed by atoms with Crippen LogP contribution in [0.3, 0.4) is 0 Å². The molecular formula is C12H18N2O3S. The maximum absolute atomic E-state index is 11.6. The van der Waals surface area contributed by atoms with Gasteiger partial charge in [-0.05, 0) is 27.2 Å². The van der Waals surface area contributed by atoms with Gasteiger partial charge in [-0.3, -0.25) is 10.1 Å². The Kier molecular flexibility index (Phi) is 4.84. The second-order valence-electron chi connectivity index (χ2n) is 4.84. The summed E-state index contributed by atoms with van der Waals surface area (Å²) in [6.45, 7) is 7.28. The Hall–Kier alpha value is -1.43. The van der Waals surface area contributed by atoms with Gasteiger partial charge in [-0.1, -0.05) is 6.92 Å². The minimum Gasteiger partial charge on any atom is -0.444 e. The predicted octanol–water partition coefficient (Wildman–Crippen LogP) is 3.47. The maximum atomic E-state index is 11.6. The van der Waals surface area contributed by atoms with Crippen molar-refractivity contribution in [3.8, 4) is 0 Å². The third kappa shape index (κ3) is 4.83. The average Bonchev–Trinajstić information content (AvgIpc) is 2.63. The van der Waals surface area contributed by atoms with Crippen LogP contribution in [-0.4, -0.2) is 22.5 Å². The van der Waals surface area contributed by atoms with Crippen LogP contribution < -0.4 is 5.32 Å². The molecule has 5 nitrogen and oxygen atoms in total. The van der Waals surface area contributed by atoms with E-state index < -0.39 is 11.7 Å². The topological polar surface area (TPSA) is 68.3 Å². The highest BCUT2D eigenvalue weighted by molar-refractivity contribution is 7.14. The summed E-state index contributed by atoms with van der Waals surface area (Å²) in [7, 11) is 0. The smallest absolute Gasteiger partial charge is 0.413 e. The fourth-order valence-electron chi connectivity index (χ4n) is 1.21. The summed E-state index contributed by atoms with van der Waals surface area (Å²) in [6.07, 6.45) is 0.687. The first kappa shape index (κ1) is 14.6. The number of anilines is 1. The van der Waals surface area contributed by atoms with Gasteiger partial charge in [0.1, 0.15) is 11.3 Å². The predicted molar refractivity (Wildman–Crippen MR) is 71.2 cm³/mol. The summed E-state index contributed by atoms with van der Waals surface area (Å²) in [4.78, 5) is 27.1. The lowest BCUT2D eigenvalue weighted by Gasteiger charge is -2.18. The number of aromatic nitrogens is 1.